The second kappa shape index (κ2) is 6.91. The molecule has 0 saturated carbocycles. The number of fused-ring (bicyclic) bond motifs is 3. The molecule has 27 heavy (non-hydrogen) atoms. The number of hydrogen-bond donors (Lipinski definition) is 0. The van der Waals surface area contributed by atoms with Gasteiger partial charge in [-0.3, -0.25) is 0 Å². The van der Waals surface area contributed by atoms with Crippen molar-refractivity contribution in [3.05, 3.63) is 75.1 Å². The molecule has 1 aliphatic carbocycles. The number of benzene rings is 2. The SMILES string of the molecule is COC(=O)[C@@H](Oc1cc(C)cc2oc(=O)c3c(c12)CCC3)c1ccccc1. The summed E-state index contributed by atoms with van der Waals surface area (Å²) in [4.78, 5) is 24.7. The Balaban J connectivity index is 1.89. The van der Waals surface area contributed by atoms with E-state index in [1.165, 1.54) is 7.11 Å². The van der Waals surface area contributed by atoms with E-state index in [-0.39, 0.29) is 5.63 Å². The van der Waals surface area contributed by atoms with Crippen molar-refractivity contribution < 1.29 is 18.7 Å². The fourth-order valence-electron chi connectivity index (χ4n) is 3.71. The molecule has 0 spiro atoms. The van der Waals surface area contributed by atoms with Crippen LogP contribution >= 0.6 is 0 Å². The third-order valence-corrected chi connectivity index (χ3v) is 4.94. The summed E-state index contributed by atoms with van der Waals surface area (Å²) in [6.45, 7) is 1.90. The Morgan fingerprint density at radius 1 is 1.11 bits per heavy atom. The number of aryl methyl sites for hydroxylation is 2. The van der Waals surface area contributed by atoms with Crippen molar-refractivity contribution in [1.29, 1.82) is 0 Å². The van der Waals surface area contributed by atoms with Crippen LogP contribution in [0, 0.1) is 6.92 Å². The van der Waals surface area contributed by atoms with Crippen molar-refractivity contribution in [3.63, 3.8) is 0 Å². The first-order valence-corrected chi connectivity index (χ1v) is 8.97. The third kappa shape index (κ3) is 3.10. The van der Waals surface area contributed by atoms with Gasteiger partial charge in [0.1, 0.15) is 11.3 Å². The van der Waals surface area contributed by atoms with Gasteiger partial charge in [-0.05, 0) is 49.4 Å². The van der Waals surface area contributed by atoms with Crippen LogP contribution < -0.4 is 10.4 Å². The predicted molar refractivity (Wildman–Crippen MR) is 101 cm³/mol. The van der Waals surface area contributed by atoms with E-state index in [9.17, 15) is 9.59 Å². The molecule has 3 aromatic rings. The zero-order chi connectivity index (χ0) is 19.0. The number of carbonyl (C=O) groups excluding carboxylic acids is 1. The molecule has 0 aliphatic heterocycles. The van der Waals surface area contributed by atoms with Gasteiger partial charge in [0.2, 0.25) is 6.10 Å². The Kier molecular flexibility index (Phi) is 4.44. The Labute approximate surface area is 156 Å². The Morgan fingerprint density at radius 2 is 1.85 bits per heavy atom. The van der Waals surface area contributed by atoms with Crippen LogP contribution in [0.2, 0.25) is 0 Å². The largest absolute Gasteiger partial charge is 0.473 e. The lowest BCUT2D eigenvalue weighted by molar-refractivity contribution is -0.149. The number of hydrogen-bond acceptors (Lipinski definition) is 5. The van der Waals surface area contributed by atoms with E-state index in [2.05, 4.69) is 0 Å². The van der Waals surface area contributed by atoms with Crippen LogP contribution in [0.15, 0.2) is 51.7 Å². The molecular weight excluding hydrogens is 344 g/mol. The second-order valence-electron chi connectivity index (χ2n) is 6.77. The average Bonchev–Trinajstić information content (AvgIpc) is 3.16. The van der Waals surface area contributed by atoms with Gasteiger partial charge in [0.25, 0.3) is 0 Å². The quantitative estimate of drug-likeness (QED) is 0.519. The first-order valence-electron chi connectivity index (χ1n) is 8.97. The molecule has 0 amide bonds. The lowest BCUT2D eigenvalue weighted by atomic mass is 10.0. The third-order valence-electron chi connectivity index (χ3n) is 4.94. The van der Waals surface area contributed by atoms with Gasteiger partial charge in [-0.25, -0.2) is 9.59 Å². The summed E-state index contributed by atoms with van der Waals surface area (Å²) in [6, 6.07) is 12.9. The molecule has 0 saturated heterocycles. The van der Waals surface area contributed by atoms with Crippen LogP contribution in [-0.2, 0) is 22.4 Å². The highest BCUT2D eigenvalue weighted by Crippen LogP contribution is 2.37. The number of ether oxygens (including phenoxy) is 2. The molecule has 0 N–H and O–H groups in total. The maximum absolute atomic E-state index is 12.4. The van der Waals surface area contributed by atoms with E-state index >= 15 is 0 Å². The van der Waals surface area contributed by atoms with E-state index in [1.807, 2.05) is 49.4 Å². The van der Waals surface area contributed by atoms with Gasteiger partial charge in [-0.2, -0.15) is 0 Å². The summed E-state index contributed by atoms with van der Waals surface area (Å²) in [5.41, 5.74) is 3.48. The summed E-state index contributed by atoms with van der Waals surface area (Å²) < 4.78 is 16.7. The van der Waals surface area contributed by atoms with Gasteiger partial charge in [-0.1, -0.05) is 30.3 Å². The minimum Gasteiger partial charge on any atom is -0.473 e. The van der Waals surface area contributed by atoms with Gasteiger partial charge in [-0.15, -0.1) is 0 Å². The second-order valence-corrected chi connectivity index (χ2v) is 6.77. The standard InChI is InChI=1S/C22H20O5/c1-13-11-17(26-20(22(24)25-2)14-7-4-3-5-8-14)19-15-9-6-10-16(15)21(23)27-18(19)12-13/h3-5,7-8,11-12,20H,6,9-10H2,1-2H3/t20-/m0/s1. The summed E-state index contributed by atoms with van der Waals surface area (Å²) in [7, 11) is 1.34. The van der Waals surface area contributed by atoms with Gasteiger partial charge < -0.3 is 13.9 Å². The van der Waals surface area contributed by atoms with Crippen LogP contribution in [0.5, 0.6) is 5.75 Å². The van der Waals surface area contributed by atoms with E-state index in [1.54, 1.807) is 0 Å². The van der Waals surface area contributed by atoms with E-state index in [0.717, 1.165) is 29.4 Å². The molecule has 5 heteroatoms. The molecule has 0 fully saturated rings. The van der Waals surface area contributed by atoms with Crippen molar-refractivity contribution >= 4 is 16.9 Å². The van der Waals surface area contributed by atoms with E-state index in [4.69, 9.17) is 13.9 Å². The van der Waals surface area contributed by atoms with E-state index < -0.39 is 12.1 Å². The minimum absolute atomic E-state index is 0.279. The first kappa shape index (κ1) is 17.3. The fraction of sp³-hybridized carbons (Fsp3) is 0.273. The molecule has 0 bridgehead atoms. The number of esters is 1. The highest BCUT2D eigenvalue weighted by Gasteiger charge is 2.27. The molecule has 138 valence electrons. The zero-order valence-electron chi connectivity index (χ0n) is 15.3. The van der Waals surface area contributed by atoms with Gasteiger partial charge >= 0.3 is 11.6 Å². The Morgan fingerprint density at radius 3 is 2.59 bits per heavy atom. The van der Waals surface area contributed by atoms with Gasteiger partial charge in [0.15, 0.2) is 0 Å². The first-order chi connectivity index (χ1) is 13.1. The lowest BCUT2D eigenvalue weighted by Gasteiger charge is -2.19. The summed E-state index contributed by atoms with van der Waals surface area (Å²) in [6.07, 6.45) is 1.52. The van der Waals surface area contributed by atoms with Crippen molar-refractivity contribution in [3.8, 4) is 5.75 Å². The predicted octanol–water partition coefficient (Wildman–Crippen LogP) is 3.88. The number of carbonyl (C=O) groups is 1. The molecule has 1 atom stereocenters. The highest BCUT2D eigenvalue weighted by molar-refractivity contribution is 5.89. The Bertz CT molecular complexity index is 1070. The number of rotatable bonds is 4. The Hall–Kier alpha value is -3.08. The van der Waals surface area contributed by atoms with Crippen LogP contribution in [0.1, 0.15) is 34.8 Å². The lowest BCUT2D eigenvalue weighted by Crippen LogP contribution is -2.20. The van der Waals surface area contributed by atoms with Crippen molar-refractivity contribution in [1.82, 2.24) is 0 Å². The molecule has 1 aromatic heterocycles. The molecule has 5 nitrogen and oxygen atoms in total. The molecule has 1 aliphatic rings. The molecule has 0 radical (unpaired) electrons. The summed E-state index contributed by atoms with van der Waals surface area (Å²) in [5.74, 6) is 0.0519. The normalized spacial score (nSPS) is 14.0. The number of methoxy groups -OCH3 is 1. The topological polar surface area (TPSA) is 65.7 Å². The molecule has 1 heterocycles. The van der Waals surface area contributed by atoms with Gasteiger partial charge in [0, 0.05) is 11.1 Å². The molecule has 2 aromatic carbocycles. The van der Waals surface area contributed by atoms with Crippen LogP contribution in [0.25, 0.3) is 11.0 Å². The maximum atomic E-state index is 12.4. The van der Waals surface area contributed by atoms with E-state index in [0.29, 0.717) is 28.9 Å². The highest BCUT2D eigenvalue weighted by atomic mass is 16.6. The monoisotopic (exact) mass is 364 g/mol. The smallest absolute Gasteiger partial charge is 0.351 e. The molecule has 0 unspecified atom stereocenters. The maximum Gasteiger partial charge on any atom is 0.351 e. The van der Waals surface area contributed by atoms with Crippen molar-refractivity contribution in [2.45, 2.75) is 32.3 Å². The van der Waals surface area contributed by atoms with Crippen LogP contribution in [0.3, 0.4) is 0 Å². The molecular formula is C22H20O5. The van der Waals surface area contributed by atoms with Crippen molar-refractivity contribution in [2.24, 2.45) is 0 Å². The zero-order valence-corrected chi connectivity index (χ0v) is 15.3. The summed E-state index contributed by atoms with van der Waals surface area (Å²) in [5, 5.41) is 0.775. The average molecular weight is 364 g/mol. The van der Waals surface area contributed by atoms with Gasteiger partial charge in [0.05, 0.1) is 12.5 Å². The van der Waals surface area contributed by atoms with Crippen LogP contribution in [0.4, 0.5) is 0 Å². The molecule has 4 rings (SSSR count). The van der Waals surface area contributed by atoms with Crippen molar-refractivity contribution in [2.75, 3.05) is 7.11 Å². The minimum atomic E-state index is -0.898. The fourth-order valence-corrected chi connectivity index (χ4v) is 3.71. The van der Waals surface area contributed by atoms with Crippen LogP contribution in [-0.4, -0.2) is 13.1 Å². The summed E-state index contributed by atoms with van der Waals surface area (Å²) >= 11 is 0.